The summed E-state index contributed by atoms with van der Waals surface area (Å²) >= 11 is 0. The Balaban J connectivity index is 1.70. The highest BCUT2D eigenvalue weighted by Gasteiger charge is 2.28. The summed E-state index contributed by atoms with van der Waals surface area (Å²) in [6.45, 7) is 10.4. The summed E-state index contributed by atoms with van der Waals surface area (Å²) in [6, 6.07) is 7.72. The van der Waals surface area contributed by atoms with Crippen LogP contribution >= 0.6 is 0 Å². The van der Waals surface area contributed by atoms with E-state index in [0.29, 0.717) is 36.3 Å². The van der Waals surface area contributed by atoms with E-state index in [9.17, 15) is 4.79 Å². The molecule has 1 aliphatic heterocycles. The second kappa shape index (κ2) is 9.11. The van der Waals surface area contributed by atoms with Crippen molar-refractivity contribution >= 4 is 11.7 Å². The molecule has 2 heterocycles. The quantitative estimate of drug-likeness (QED) is 0.740. The average molecular weight is 399 g/mol. The van der Waals surface area contributed by atoms with Crippen LogP contribution in [0.25, 0.3) is 0 Å². The number of ether oxygens (including phenoxy) is 2. The van der Waals surface area contributed by atoms with Gasteiger partial charge < -0.3 is 19.3 Å². The molecule has 1 aromatic carbocycles. The SMILES string of the molecule is COc1cc(C)ccc1Oc1cc(N2CCN(C(=O)CC(C)C)[C@@H](C)C2)ncn1. The van der Waals surface area contributed by atoms with Gasteiger partial charge >= 0.3 is 0 Å². The maximum absolute atomic E-state index is 12.5. The number of aryl methyl sites for hydroxylation is 1. The van der Waals surface area contributed by atoms with Crippen molar-refractivity contribution in [3.63, 3.8) is 0 Å². The average Bonchev–Trinajstić information content (AvgIpc) is 2.68. The molecular weight excluding hydrogens is 368 g/mol. The van der Waals surface area contributed by atoms with E-state index < -0.39 is 0 Å². The molecule has 0 saturated carbocycles. The van der Waals surface area contributed by atoms with Crippen molar-refractivity contribution in [1.29, 1.82) is 0 Å². The maximum Gasteiger partial charge on any atom is 0.224 e. The molecule has 0 N–H and O–H groups in total. The van der Waals surface area contributed by atoms with Crippen LogP contribution in [0, 0.1) is 12.8 Å². The lowest BCUT2D eigenvalue weighted by atomic mass is 10.1. The standard InChI is InChI=1S/C22H30N4O3/c1-15(2)10-22(27)26-9-8-25(13-17(26)4)20-12-21(24-14-23-20)29-18-7-6-16(3)11-19(18)28-5/h6-7,11-12,14-15,17H,8-10,13H2,1-5H3/t17-/m0/s1. The van der Waals surface area contributed by atoms with Gasteiger partial charge in [-0.25, -0.2) is 9.97 Å². The Hall–Kier alpha value is -2.83. The number of carbonyl (C=O) groups is 1. The number of rotatable bonds is 6. The van der Waals surface area contributed by atoms with Crippen LogP contribution in [-0.4, -0.2) is 53.6 Å². The van der Waals surface area contributed by atoms with Gasteiger partial charge in [-0.05, 0) is 37.5 Å². The maximum atomic E-state index is 12.5. The van der Waals surface area contributed by atoms with Crippen molar-refractivity contribution in [2.45, 2.75) is 40.2 Å². The second-order valence-corrected chi connectivity index (χ2v) is 7.95. The summed E-state index contributed by atoms with van der Waals surface area (Å²) in [7, 11) is 1.62. The lowest BCUT2D eigenvalue weighted by Crippen LogP contribution is -2.54. The van der Waals surface area contributed by atoms with Gasteiger partial charge in [-0.15, -0.1) is 0 Å². The lowest BCUT2D eigenvalue weighted by molar-refractivity contribution is -0.134. The molecular formula is C22H30N4O3. The van der Waals surface area contributed by atoms with Crippen LogP contribution in [0.1, 0.15) is 32.8 Å². The first kappa shape index (κ1) is 20.9. The summed E-state index contributed by atoms with van der Waals surface area (Å²) in [5, 5.41) is 0. The Morgan fingerprint density at radius 1 is 1.21 bits per heavy atom. The molecule has 156 valence electrons. The minimum absolute atomic E-state index is 0.131. The number of hydrogen-bond acceptors (Lipinski definition) is 6. The van der Waals surface area contributed by atoms with E-state index in [0.717, 1.165) is 24.5 Å². The normalized spacial score (nSPS) is 16.8. The van der Waals surface area contributed by atoms with Gasteiger partial charge in [0.1, 0.15) is 12.1 Å². The van der Waals surface area contributed by atoms with E-state index in [2.05, 4.69) is 35.6 Å². The van der Waals surface area contributed by atoms with Crippen molar-refractivity contribution in [2.75, 3.05) is 31.6 Å². The van der Waals surface area contributed by atoms with Gasteiger partial charge in [0.15, 0.2) is 11.5 Å². The van der Waals surface area contributed by atoms with Crippen LogP contribution in [0.3, 0.4) is 0 Å². The van der Waals surface area contributed by atoms with E-state index in [1.807, 2.05) is 36.1 Å². The van der Waals surface area contributed by atoms with Crippen molar-refractivity contribution in [3.05, 3.63) is 36.2 Å². The summed E-state index contributed by atoms with van der Waals surface area (Å²) in [5.74, 6) is 3.13. The summed E-state index contributed by atoms with van der Waals surface area (Å²) in [4.78, 5) is 25.3. The molecule has 29 heavy (non-hydrogen) atoms. The first-order chi connectivity index (χ1) is 13.9. The van der Waals surface area contributed by atoms with Crippen LogP contribution < -0.4 is 14.4 Å². The highest BCUT2D eigenvalue weighted by atomic mass is 16.5. The third kappa shape index (κ3) is 5.16. The van der Waals surface area contributed by atoms with Gasteiger partial charge in [0.2, 0.25) is 11.8 Å². The third-order valence-corrected chi connectivity index (χ3v) is 5.02. The molecule has 1 atom stereocenters. The summed E-state index contributed by atoms with van der Waals surface area (Å²) in [6.07, 6.45) is 2.10. The van der Waals surface area contributed by atoms with E-state index in [4.69, 9.17) is 9.47 Å². The highest BCUT2D eigenvalue weighted by Crippen LogP contribution is 2.32. The Kier molecular flexibility index (Phi) is 6.56. The minimum Gasteiger partial charge on any atom is -0.493 e. The molecule has 7 nitrogen and oxygen atoms in total. The molecule has 0 unspecified atom stereocenters. The fraction of sp³-hybridized carbons (Fsp3) is 0.500. The first-order valence-corrected chi connectivity index (χ1v) is 10.1. The smallest absolute Gasteiger partial charge is 0.224 e. The number of anilines is 1. The number of nitrogens with zero attached hydrogens (tertiary/aromatic N) is 4. The van der Waals surface area contributed by atoms with E-state index in [1.165, 1.54) is 6.33 Å². The Labute approximate surface area is 172 Å². The van der Waals surface area contributed by atoms with E-state index in [1.54, 1.807) is 7.11 Å². The van der Waals surface area contributed by atoms with E-state index >= 15 is 0 Å². The van der Waals surface area contributed by atoms with Gasteiger partial charge in [-0.1, -0.05) is 19.9 Å². The Morgan fingerprint density at radius 3 is 2.69 bits per heavy atom. The summed E-state index contributed by atoms with van der Waals surface area (Å²) < 4.78 is 11.4. The molecule has 0 spiro atoms. The van der Waals surface area contributed by atoms with Crippen LogP contribution in [0.15, 0.2) is 30.6 Å². The fourth-order valence-electron chi connectivity index (χ4n) is 3.53. The molecule has 1 saturated heterocycles. The number of aromatic nitrogens is 2. The zero-order valence-corrected chi connectivity index (χ0v) is 17.9. The molecule has 1 amide bonds. The fourth-order valence-corrected chi connectivity index (χ4v) is 3.53. The van der Waals surface area contributed by atoms with Crippen molar-refractivity contribution < 1.29 is 14.3 Å². The predicted octanol–water partition coefficient (Wildman–Crippen LogP) is 3.67. The molecule has 0 radical (unpaired) electrons. The first-order valence-electron chi connectivity index (χ1n) is 10.1. The molecule has 0 aliphatic carbocycles. The minimum atomic E-state index is 0.131. The van der Waals surface area contributed by atoms with Crippen LogP contribution in [-0.2, 0) is 4.79 Å². The zero-order valence-electron chi connectivity index (χ0n) is 17.9. The van der Waals surface area contributed by atoms with Gasteiger partial charge in [0.05, 0.1) is 7.11 Å². The zero-order chi connectivity index (χ0) is 21.0. The number of amides is 1. The summed E-state index contributed by atoms with van der Waals surface area (Å²) in [5.41, 5.74) is 1.09. The molecule has 0 bridgehead atoms. The van der Waals surface area contributed by atoms with Crippen molar-refractivity contribution in [3.8, 4) is 17.4 Å². The predicted molar refractivity (Wildman–Crippen MR) is 113 cm³/mol. The molecule has 3 rings (SSSR count). The van der Waals surface area contributed by atoms with E-state index in [-0.39, 0.29) is 11.9 Å². The van der Waals surface area contributed by atoms with Gasteiger partial charge in [-0.2, -0.15) is 0 Å². The Morgan fingerprint density at radius 2 is 2.00 bits per heavy atom. The lowest BCUT2D eigenvalue weighted by Gasteiger charge is -2.40. The molecule has 1 aromatic heterocycles. The van der Waals surface area contributed by atoms with Crippen LogP contribution in [0.2, 0.25) is 0 Å². The monoisotopic (exact) mass is 398 g/mol. The highest BCUT2D eigenvalue weighted by molar-refractivity contribution is 5.77. The van der Waals surface area contributed by atoms with Gasteiger partial charge in [-0.3, -0.25) is 4.79 Å². The molecule has 2 aromatic rings. The third-order valence-electron chi connectivity index (χ3n) is 5.02. The number of carbonyl (C=O) groups excluding carboxylic acids is 1. The number of methoxy groups -OCH3 is 1. The number of benzene rings is 1. The topological polar surface area (TPSA) is 67.8 Å². The number of piperazine rings is 1. The number of hydrogen-bond donors (Lipinski definition) is 0. The molecule has 1 aliphatic rings. The molecule has 1 fully saturated rings. The largest absolute Gasteiger partial charge is 0.493 e. The van der Waals surface area contributed by atoms with Crippen molar-refractivity contribution in [1.82, 2.24) is 14.9 Å². The van der Waals surface area contributed by atoms with Crippen LogP contribution in [0.5, 0.6) is 17.4 Å². The Bertz CT molecular complexity index is 856. The molecule has 7 heteroatoms. The van der Waals surface area contributed by atoms with Crippen LogP contribution in [0.4, 0.5) is 5.82 Å². The second-order valence-electron chi connectivity index (χ2n) is 7.95. The van der Waals surface area contributed by atoms with Gasteiger partial charge in [0, 0.05) is 38.2 Å². The van der Waals surface area contributed by atoms with Gasteiger partial charge in [0.25, 0.3) is 0 Å². The van der Waals surface area contributed by atoms with Crippen molar-refractivity contribution in [2.24, 2.45) is 5.92 Å².